The Morgan fingerprint density at radius 2 is 1.21 bits per heavy atom. The Labute approximate surface area is 303 Å². The molecule has 10 aromatic rings. The van der Waals surface area contributed by atoms with Crippen LogP contribution in [0.3, 0.4) is 0 Å². The lowest BCUT2D eigenvalue weighted by atomic mass is 9.65. The molecule has 1 aliphatic heterocycles. The molecule has 5 heterocycles. The van der Waals surface area contributed by atoms with Gasteiger partial charge in [-0.2, -0.15) is 0 Å². The summed E-state index contributed by atoms with van der Waals surface area (Å²) < 4.78 is 5.22. The highest BCUT2D eigenvalue weighted by atomic mass is 32.1. The third kappa shape index (κ3) is 3.46. The molecule has 12 rings (SSSR count). The summed E-state index contributed by atoms with van der Waals surface area (Å²) >= 11 is 1.92. The minimum atomic E-state index is -0.533. The van der Waals surface area contributed by atoms with Crippen LogP contribution in [0.25, 0.3) is 58.8 Å². The fourth-order valence-electron chi connectivity index (χ4n) is 9.41. The summed E-state index contributed by atoms with van der Waals surface area (Å²) in [6, 6.07) is 53.9. The van der Waals surface area contributed by atoms with Crippen LogP contribution in [0, 0.1) is 0 Å². The molecular weight excluding hydrogens is 653 g/mol. The van der Waals surface area contributed by atoms with Crippen LogP contribution in [0.4, 0.5) is 17.1 Å². The summed E-state index contributed by atoms with van der Waals surface area (Å²) in [5.41, 5.74) is 14.1. The van der Waals surface area contributed by atoms with Gasteiger partial charge in [0.25, 0.3) is 0 Å². The summed E-state index contributed by atoms with van der Waals surface area (Å²) in [6.07, 6.45) is 7.48. The zero-order valence-corrected chi connectivity index (χ0v) is 28.7. The summed E-state index contributed by atoms with van der Waals surface area (Å²) in [7, 11) is 0. The second kappa shape index (κ2) is 10.3. The fourth-order valence-corrected chi connectivity index (χ4v) is 10.7. The van der Waals surface area contributed by atoms with Crippen molar-refractivity contribution < 1.29 is 0 Å². The van der Waals surface area contributed by atoms with Gasteiger partial charge in [-0.25, -0.2) is 0 Å². The van der Waals surface area contributed by atoms with Gasteiger partial charge in [-0.3, -0.25) is 9.97 Å². The number of pyridine rings is 2. The lowest BCUT2D eigenvalue weighted by Gasteiger charge is -2.39. The van der Waals surface area contributed by atoms with E-state index in [2.05, 4.69) is 153 Å². The monoisotopic (exact) mass is 680 g/mol. The summed E-state index contributed by atoms with van der Waals surface area (Å²) in [4.78, 5) is 11.2. The van der Waals surface area contributed by atoms with E-state index in [0.717, 1.165) is 17.1 Å². The van der Waals surface area contributed by atoms with Gasteiger partial charge in [0.15, 0.2) is 0 Å². The van der Waals surface area contributed by atoms with E-state index in [1.807, 2.05) is 48.3 Å². The molecule has 0 N–H and O–H groups in total. The van der Waals surface area contributed by atoms with E-state index < -0.39 is 5.41 Å². The number of rotatable bonds is 3. The van der Waals surface area contributed by atoms with Crippen molar-refractivity contribution >= 4 is 70.4 Å². The van der Waals surface area contributed by atoms with E-state index in [1.165, 1.54) is 81.0 Å². The predicted octanol–water partition coefficient (Wildman–Crippen LogP) is 12.1. The molecule has 0 fully saturated rings. The average molecular weight is 681 g/mol. The third-order valence-corrected chi connectivity index (χ3v) is 12.5. The zero-order valence-electron chi connectivity index (χ0n) is 27.9. The molecule has 52 heavy (non-hydrogen) atoms. The van der Waals surface area contributed by atoms with Crippen molar-refractivity contribution in [2.45, 2.75) is 5.41 Å². The fraction of sp³-hybridized carbons (Fsp3) is 0.0213. The van der Waals surface area contributed by atoms with Gasteiger partial charge in [0.1, 0.15) is 0 Å². The largest absolute Gasteiger partial charge is 0.309 e. The highest BCUT2D eigenvalue weighted by Crippen LogP contribution is 2.63. The number of aromatic nitrogens is 3. The normalized spacial score (nSPS) is 15.4. The van der Waals surface area contributed by atoms with E-state index in [9.17, 15) is 0 Å². The van der Waals surface area contributed by atoms with E-state index in [0.29, 0.717) is 0 Å². The van der Waals surface area contributed by atoms with Crippen molar-refractivity contribution in [3.63, 3.8) is 0 Å². The zero-order chi connectivity index (χ0) is 34.0. The number of fused-ring (bicyclic) bond motifs is 16. The van der Waals surface area contributed by atoms with Crippen LogP contribution in [0.5, 0.6) is 0 Å². The highest BCUT2D eigenvalue weighted by molar-refractivity contribution is 7.26. The maximum absolute atomic E-state index is 4.50. The first-order chi connectivity index (χ1) is 25.8. The molecule has 2 aliphatic rings. The molecule has 4 nitrogen and oxygen atoms in total. The molecule has 0 radical (unpaired) electrons. The van der Waals surface area contributed by atoms with Crippen LogP contribution in [0.1, 0.15) is 22.3 Å². The Kier molecular flexibility index (Phi) is 5.55. The molecule has 0 saturated carbocycles. The molecule has 4 aromatic heterocycles. The standard InChI is InChI=1S/C47H28N4S/c1-4-16-37-32(13-1)35-25-29(50(30-11-9-23-48-27-30)31-12-10-24-49-28-31)21-22-38(35)47(37)39-17-5-7-19-42(39)51-41-18-6-2-15-34(41)44-45(51)40(47)26-36-33-14-3-8-20-43(33)52-46(36)44/h1-28H. The SMILES string of the molecule is c1cncc(N(c2cccnc2)c2ccc3c(c2)-c2ccccc2C32c3ccccc3-n3c4ccccc4c4c5sc6ccccc6c5cc2c43)c1. The van der Waals surface area contributed by atoms with Crippen molar-refractivity contribution in [3.05, 3.63) is 193 Å². The van der Waals surface area contributed by atoms with Crippen LogP contribution < -0.4 is 4.90 Å². The quantitative estimate of drug-likeness (QED) is 0.186. The Morgan fingerprint density at radius 3 is 2.02 bits per heavy atom. The van der Waals surface area contributed by atoms with Gasteiger partial charge in [0, 0.05) is 49.0 Å². The lowest BCUT2D eigenvalue weighted by molar-refractivity contribution is 0.750. The number of hydrogen-bond acceptors (Lipinski definition) is 4. The van der Waals surface area contributed by atoms with Gasteiger partial charge in [-0.1, -0.05) is 84.9 Å². The molecule has 1 spiro atoms. The van der Waals surface area contributed by atoms with E-state index in [-0.39, 0.29) is 0 Å². The smallest absolute Gasteiger partial charge is 0.0754 e. The second-order valence-electron chi connectivity index (χ2n) is 13.8. The summed E-state index contributed by atoms with van der Waals surface area (Å²) in [5, 5.41) is 5.29. The molecule has 6 aromatic carbocycles. The minimum Gasteiger partial charge on any atom is -0.309 e. The second-order valence-corrected chi connectivity index (χ2v) is 14.8. The first kappa shape index (κ1) is 28.2. The first-order valence-corrected chi connectivity index (χ1v) is 18.5. The Balaban J connectivity index is 1.25. The first-order valence-electron chi connectivity index (χ1n) is 17.6. The molecule has 0 amide bonds. The number of hydrogen-bond donors (Lipinski definition) is 0. The number of benzene rings is 6. The molecular formula is C47H28N4S. The van der Waals surface area contributed by atoms with E-state index in [1.54, 1.807) is 0 Å². The van der Waals surface area contributed by atoms with Crippen molar-refractivity contribution in [2.24, 2.45) is 0 Å². The summed E-state index contributed by atoms with van der Waals surface area (Å²) in [6.45, 7) is 0. The van der Waals surface area contributed by atoms with Gasteiger partial charge < -0.3 is 9.47 Å². The Bertz CT molecular complexity index is 3050. The molecule has 1 unspecified atom stereocenters. The van der Waals surface area contributed by atoms with Gasteiger partial charge >= 0.3 is 0 Å². The Morgan fingerprint density at radius 1 is 0.519 bits per heavy atom. The Hall–Kier alpha value is -6.56. The van der Waals surface area contributed by atoms with Gasteiger partial charge in [-0.05, 0) is 94.0 Å². The van der Waals surface area contributed by atoms with Crippen LogP contribution >= 0.6 is 11.3 Å². The number of nitrogens with zero attached hydrogens (tertiary/aromatic N) is 4. The highest BCUT2D eigenvalue weighted by Gasteiger charge is 2.51. The molecule has 1 atom stereocenters. The maximum Gasteiger partial charge on any atom is 0.0754 e. The van der Waals surface area contributed by atoms with E-state index >= 15 is 0 Å². The summed E-state index contributed by atoms with van der Waals surface area (Å²) in [5.74, 6) is 0. The number of anilines is 3. The van der Waals surface area contributed by atoms with Gasteiger partial charge in [-0.15, -0.1) is 11.3 Å². The molecule has 0 bridgehead atoms. The topological polar surface area (TPSA) is 34.0 Å². The molecule has 0 saturated heterocycles. The predicted molar refractivity (Wildman–Crippen MR) is 215 cm³/mol. The van der Waals surface area contributed by atoms with Crippen molar-refractivity contribution in [2.75, 3.05) is 4.90 Å². The van der Waals surface area contributed by atoms with Crippen LogP contribution in [0.2, 0.25) is 0 Å². The minimum absolute atomic E-state index is 0.533. The van der Waals surface area contributed by atoms with E-state index in [4.69, 9.17) is 0 Å². The average Bonchev–Trinajstić information content (AvgIpc) is 3.85. The maximum atomic E-state index is 4.50. The van der Waals surface area contributed by atoms with Crippen LogP contribution in [-0.2, 0) is 5.41 Å². The van der Waals surface area contributed by atoms with Crippen molar-refractivity contribution in [1.29, 1.82) is 0 Å². The van der Waals surface area contributed by atoms with Gasteiger partial charge in [0.2, 0.25) is 0 Å². The lowest BCUT2D eigenvalue weighted by Crippen LogP contribution is -2.33. The van der Waals surface area contributed by atoms with Crippen molar-refractivity contribution in [3.8, 4) is 16.8 Å². The number of para-hydroxylation sites is 2. The molecule has 1 aliphatic carbocycles. The van der Waals surface area contributed by atoms with Gasteiger partial charge in [0.05, 0.1) is 45.9 Å². The van der Waals surface area contributed by atoms with Crippen LogP contribution in [-0.4, -0.2) is 14.5 Å². The molecule has 5 heteroatoms. The third-order valence-electron chi connectivity index (χ3n) is 11.3. The van der Waals surface area contributed by atoms with Crippen molar-refractivity contribution in [1.82, 2.24) is 14.5 Å². The number of thiophene rings is 1. The molecule has 242 valence electrons. The van der Waals surface area contributed by atoms with Crippen LogP contribution in [0.15, 0.2) is 170 Å².